The van der Waals surface area contributed by atoms with Crippen molar-refractivity contribution in [2.75, 3.05) is 31.7 Å². The van der Waals surface area contributed by atoms with E-state index < -0.39 is 0 Å². The predicted molar refractivity (Wildman–Crippen MR) is 83.3 cm³/mol. The van der Waals surface area contributed by atoms with E-state index in [0.29, 0.717) is 12.2 Å². The van der Waals surface area contributed by atoms with Crippen LogP contribution in [0.2, 0.25) is 0 Å². The lowest BCUT2D eigenvalue weighted by Crippen LogP contribution is -2.24. The molecule has 0 radical (unpaired) electrons. The smallest absolute Gasteiger partial charge is 0.130 e. The summed E-state index contributed by atoms with van der Waals surface area (Å²) in [5, 5.41) is 10.2. The number of nitriles is 1. The largest absolute Gasteiger partial charge is 0.379 e. The summed E-state index contributed by atoms with van der Waals surface area (Å²) in [6, 6.07) is 11.9. The summed E-state index contributed by atoms with van der Waals surface area (Å²) < 4.78 is 5.66. The van der Waals surface area contributed by atoms with Gasteiger partial charge in [-0.3, -0.25) is 0 Å². The van der Waals surface area contributed by atoms with Crippen LogP contribution >= 0.6 is 0 Å². The van der Waals surface area contributed by atoms with Crippen LogP contribution in [0, 0.1) is 17.2 Å². The van der Waals surface area contributed by atoms with Crippen LogP contribution < -0.4 is 4.90 Å². The predicted octanol–water partition coefficient (Wildman–Crippen LogP) is 2.97. The number of hydrogen-bond donors (Lipinski definition) is 0. The number of hydrogen-bond acceptors (Lipinski definition) is 4. The number of pyridine rings is 1. The molecule has 0 atom stereocenters. The van der Waals surface area contributed by atoms with Crippen molar-refractivity contribution in [1.82, 2.24) is 4.98 Å². The third-order valence-corrected chi connectivity index (χ3v) is 3.84. The third kappa shape index (κ3) is 3.32. The molecule has 0 saturated heterocycles. The van der Waals surface area contributed by atoms with Crippen molar-refractivity contribution in [3.8, 4) is 6.07 Å². The zero-order chi connectivity index (χ0) is 14.7. The number of likely N-dealkylation sites (N-methyl/N-ethyl adjacent to an activating group) is 1. The first-order valence-electron chi connectivity index (χ1n) is 7.36. The molecule has 0 N–H and O–H groups in total. The highest BCUT2D eigenvalue weighted by Crippen LogP contribution is 2.28. The molecule has 1 fully saturated rings. The topological polar surface area (TPSA) is 49.1 Å². The fourth-order valence-electron chi connectivity index (χ4n) is 2.30. The highest BCUT2D eigenvalue weighted by Gasteiger charge is 2.21. The molecule has 0 amide bonds. The zero-order valence-corrected chi connectivity index (χ0v) is 12.2. The van der Waals surface area contributed by atoms with Gasteiger partial charge in [-0.15, -0.1) is 0 Å². The van der Waals surface area contributed by atoms with Gasteiger partial charge >= 0.3 is 0 Å². The van der Waals surface area contributed by atoms with Crippen LogP contribution in [0.3, 0.4) is 0 Å². The first-order valence-corrected chi connectivity index (χ1v) is 7.36. The first kappa shape index (κ1) is 13.8. The van der Waals surface area contributed by atoms with Gasteiger partial charge in [0.25, 0.3) is 0 Å². The Hall–Kier alpha value is -2.12. The van der Waals surface area contributed by atoms with Gasteiger partial charge in [-0.05, 0) is 30.9 Å². The number of nitrogens with zero attached hydrogens (tertiary/aromatic N) is 3. The van der Waals surface area contributed by atoms with Gasteiger partial charge in [-0.1, -0.05) is 18.2 Å². The number of anilines is 1. The van der Waals surface area contributed by atoms with E-state index in [4.69, 9.17) is 4.74 Å². The third-order valence-electron chi connectivity index (χ3n) is 3.84. The quantitative estimate of drug-likeness (QED) is 0.764. The minimum atomic E-state index is 0.668. The van der Waals surface area contributed by atoms with Crippen molar-refractivity contribution in [1.29, 1.82) is 5.26 Å². The maximum Gasteiger partial charge on any atom is 0.130 e. The second kappa shape index (κ2) is 6.11. The molecule has 4 heteroatoms. The summed E-state index contributed by atoms with van der Waals surface area (Å²) in [5.41, 5.74) is 1.53. The summed E-state index contributed by atoms with van der Waals surface area (Å²) >= 11 is 0. The lowest BCUT2D eigenvalue weighted by atomic mass is 10.1. The van der Waals surface area contributed by atoms with Gasteiger partial charge in [0.15, 0.2) is 0 Å². The molecule has 1 heterocycles. The van der Waals surface area contributed by atoms with Crippen LogP contribution in [0.4, 0.5) is 5.82 Å². The standard InChI is InChI=1S/C17H19N3O/c1-20(8-9-21-12-13-6-7-13)17-10-14(11-18)15-4-2-3-5-16(15)19-17/h2-5,10,13H,6-9,12H2,1H3. The Kier molecular flexibility index (Phi) is 4.03. The van der Waals surface area contributed by atoms with Crippen molar-refractivity contribution in [2.45, 2.75) is 12.8 Å². The SMILES string of the molecule is CN(CCOCC1CC1)c1cc(C#N)c2ccccc2n1. The normalized spacial score (nSPS) is 14.1. The van der Waals surface area contributed by atoms with Crippen LogP contribution in [0.15, 0.2) is 30.3 Å². The molecule has 1 saturated carbocycles. The number of rotatable bonds is 6. The van der Waals surface area contributed by atoms with E-state index in [1.54, 1.807) is 0 Å². The van der Waals surface area contributed by atoms with Crippen molar-refractivity contribution < 1.29 is 4.74 Å². The Morgan fingerprint density at radius 3 is 2.95 bits per heavy atom. The lowest BCUT2D eigenvalue weighted by Gasteiger charge is -2.19. The molecule has 1 aliphatic carbocycles. The van der Waals surface area contributed by atoms with E-state index in [9.17, 15) is 5.26 Å². The number of ether oxygens (including phenoxy) is 1. The summed E-state index contributed by atoms with van der Waals surface area (Å²) in [6.45, 7) is 2.36. The zero-order valence-electron chi connectivity index (χ0n) is 12.2. The van der Waals surface area contributed by atoms with E-state index in [1.165, 1.54) is 12.8 Å². The van der Waals surface area contributed by atoms with Crippen molar-refractivity contribution in [3.05, 3.63) is 35.9 Å². The molecular weight excluding hydrogens is 262 g/mol. The summed E-state index contributed by atoms with van der Waals surface area (Å²) in [6.07, 6.45) is 2.63. The fraction of sp³-hybridized carbons (Fsp3) is 0.412. The Balaban J connectivity index is 1.71. The molecule has 0 spiro atoms. The molecule has 1 aromatic carbocycles. The average Bonchev–Trinajstić information content (AvgIpc) is 3.34. The van der Waals surface area contributed by atoms with Crippen LogP contribution in [0.25, 0.3) is 10.9 Å². The Labute approximate surface area is 125 Å². The maximum absolute atomic E-state index is 9.30. The second-order valence-corrected chi connectivity index (χ2v) is 5.60. The molecule has 4 nitrogen and oxygen atoms in total. The molecule has 2 aromatic rings. The van der Waals surface area contributed by atoms with Gasteiger partial charge in [-0.2, -0.15) is 5.26 Å². The minimum absolute atomic E-state index is 0.668. The van der Waals surface area contributed by atoms with Gasteiger partial charge in [0.2, 0.25) is 0 Å². The molecule has 0 aliphatic heterocycles. The highest BCUT2D eigenvalue weighted by atomic mass is 16.5. The van der Waals surface area contributed by atoms with E-state index in [0.717, 1.165) is 35.8 Å². The van der Waals surface area contributed by atoms with Crippen LogP contribution in [-0.4, -0.2) is 31.8 Å². The number of fused-ring (bicyclic) bond motifs is 1. The molecule has 0 bridgehead atoms. The van der Waals surface area contributed by atoms with Crippen LogP contribution in [0.1, 0.15) is 18.4 Å². The Bertz CT molecular complexity index is 673. The van der Waals surface area contributed by atoms with E-state index in [1.807, 2.05) is 42.3 Å². The van der Waals surface area contributed by atoms with Gasteiger partial charge in [0.1, 0.15) is 5.82 Å². The summed E-state index contributed by atoms with van der Waals surface area (Å²) in [5.74, 6) is 1.61. The van der Waals surface area contributed by atoms with Crippen LogP contribution in [-0.2, 0) is 4.74 Å². The maximum atomic E-state index is 9.30. The first-order chi connectivity index (χ1) is 10.3. The average molecular weight is 281 g/mol. The fourth-order valence-corrected chi connectivity index (χ4v) is 2.30. The monoisotopic (exact) mass is 281 g/mol. The van der Waals surface area contributed by atoms with E-state index >= 15 is 0 Å². The number of aromatic nitrogens is 1. The van der Waals surface area contributed by atoms with Gasteiger partial charge in [0.05, 0.1) is 23.8 Å². The van der Waals surface area contributed by atoms with Gasteiger partial charge in [-0.25, -0.2) is 4.98 Å². The van der Waals surface area contributed by atoms with Crippen molar-refractivity contribution in [2.24, 2.45) is 5.92 Å². The van der Waals surface area contributed by atoms with E-state index in [-0.39, 0.29) is 0 Å². The molecule has 0 unspecified atom stereocenters. The lowest BCUT2D eigenvalue weighted by molar-refractivity contribution is 0.131. The summed E-state index contributed by atoms with van der Waals surface area (Å²) in [7, 11) is 1.98. The molecule has 1 aromatic heterocycles. The van der Waals surface area contributed by atoms with Crippen molar-refractivity contribution >= 4 is 16.7 Å². The Morgan fingerprint density at radius 2 is 2.19 bits per heavy atom. The van der Waals surface area contributed by atoms with E-state index in [2.05, 4.69) is 11.1 Å². The van der Waals surface area contributed by atoms with Crippen molar-refractivity contribution in [3.63, 3.8) is 0 Å². The molecule has 3 rings (SSSR count). The highest BCUT2D eigenvalue weighted by molar-refractivity contribution is 5.86. The molecular formula is C17H19N3O. The summed E-state index contributed by atoms with van der Waals surface area (Å²) in [4.78, 5) is 6.67. The minimum Gasteiger partial charge on any atom is -0.379 e. The van der Waals surface area contributed by atoms with Crippen LogP contribution in [0.5, 0.6) is 0 Å². The number of benzene rings is 1. The molecule has 108 valence electrons. The molecule has 1 aliphatic rings. The number of para-hydroxylation sites is 1. The molecule has 21 heavy (non-hydrogen) atoms. The van der Waals surface area contributed by atoms with Gasteiger partial charge in [0, 0.05) is 25.6 Å². The Morgan fingerprint density at radius 1 is 1.38 bits per heavy atom. The van der Waals surface area contributed by atoms with Gasteiger partial charge < -0.3 is 9.64 Å². The second-order valence-electron chi connectivity index (χ2n) is 5.60.